The summed E-state index contributed by atoms with van der Waals surface area (Å²) < 4.78 is 44.5. The Morgan fingerprint density at radius 3 is 2.60 bits per heavy atom. The third-order valence-electron chi connectivity index (χ3n) is 5.63. The number of halogens is 1. The molecular formula is C20H28FN3O5S. The number of nitrogens with one attached hydrogen (secondary N) is 1. The fraction of sp³-hybridized carbons (Fsp3) is 0.600. The van der Waals surface area contributed by atoms with Crippen LogP contribution in [0.5, 0.6) is 5.75 Å². The summed E-state index contributed by atoms with van der Waals surface area (Å²) in [5.74, 6) is -0.811. The number of hydrogen-bond acceptors (Lipinski definition) is 5. The van der Waals surface area contributed by atoms with Gasteiger partial charge in [0.15, 0.2) is 6.61 Å². The van der Waals surface area contributed by atoms with Gasteiger partial charge in [-0.15, -0.1) is 0 Å². The third kappa shape index (κ3) is 5.69. The van der Waals surface area contributed by atoms with Crippen LogP contribution in [0.4, 0.5) is 4.39 Å². The van der Waals surface area contributed by atoms with Crippen molar-refractivity contribution in [1.29, 1.82) is 0 Å². The van der Waals surface area contributed by atoms with Crippen molar-refractivity contribution in [3.8, 4) is 5.75 Å². The third-order valence-corrected chi connectivity index (χ3v) is 6.93. The monoisotopic (exact) mass is 441 g/mol. The molecule has 30 heavy (non-hydrogen) atoms. The van der Waals surface area contributed by atoms with Crippen molar-refractivity contribution in [1.82, 2.24) is 14.5 Å². The molecule has 10 heteroatoms. The van der Waals surface area contributed by atoms with Crippen LogP contribution in [0.15, 0.2) is 24.3 Å². The number of benzene rings is 1. The molecule has 0 aromatic heterocycles. The van der Waals surface area contributed by atoms with Crippen LogP contribution in [0.2, 0.25) is 0 Å². The van der Waals surface area contributed by atoms with Gasteiger partial charge in [-0.05, 0) is 43.5 Å². The van der Waals surface area contributed by atoms with E-state index in [9.17, 15) is 22.4 Å². The van der Waals surface area contributed by atoms with Gasteiger partial charge in [0, 0.05) is 32.2 Å². The molecular weight excluding hydrogens is 413 g/mol. The first-order valence-electron chi connectivity index (χ1n) is 10.2. The van der Waals surface area contributed by atoms with Crippen molar-refractivity contribution in [2.75, 3.05) is 39.0 Å². The number of carbonyl (C=O) groups is 2. The summed E-state index contributed by atoms with van der Waals surface area (Å²) in [5, 5.41) is 2.85. The minimum Gasteiger partial charge on any atom is -0.484 e. The lowest BCUT2D eigenvalue weighted by atomic mass is 10.0. The van der Waals surface area contributed by atoms with Gasteiger partial charge in [-0.1, -0.05) is 6.42 Å². The second-order valence-electron chi connectivity index (χ2n) is 7.75. The lowest BCUT2D eigenvalue weighted by molar-refractivity contribution is -0.134. The van der Waals surface area contributed by atoms with Crippen molar-refractivity contribution in [3.05, 3.63) is 30.1 Å². The van der Waals surface area contributed by atoms with Crippen LogP contribution in [0.3, 0.4) is 0 Å². The van der Waals surface area contributed by atoms with Crippen LogP contribution in [0.1, 0.15) is 25.7 Å². The topological polar surface area (TPSA) is 96.0 Å². The summed E-state index contributed by atoms with van der Waals surface area (Å²) in [4.78, 5) is 26.8. The van der Waals surface area contributed by atoms with E-state index < -0.39 is 15.8 Å². The van der Waals surface area contributed by atoms with E-state index in [1.54, 1.807) is 4.90 Å². The Kier molecular flexibility index (Phi) is 7.30. The van der Waals surface area contributed by atoms with Gasteiger partial charge < -0.3 is 15.0 Å². The molecule has 2 atom stereocenters. The van der Waals surface area contributed by atoms with Crippen LogP contribution in [0, 0.1) is 11.7 Å². The Balaban J connectivity index is 1.66. The van der Waals surface area contributed by atoms with Crippen LogP contribution in [0.25, 0.3) is 0 Å². The quantitative estimate of drug-likeness (QED) is 0.752. The summed E-state index contributed by atoms with van der Waals surface area (Å²) in [7, 11) is -3.48. The molecule has 0 radical (unpaired) electrons. The standard InChI is InChI=1S/C20H28FN3O5S/c1-30(27,28)24-12-3-11-23(13-10-22-20(26)17-4-2-5-18(17)24)19(25)14-29-16-8-6-15(21)7-9-16/h6-9,17-18H,2-5,10-14H2,1H3,(H,22,26). The first-order valence-corrected chi connectivity index (χ1v) is 12.0. The lowest BCUT2D eigenvalue weighted by Gasteiger charge is -2.30. The molecule has 0 bridgehead atoms. The molecule has 1 N–H and O–H groups in total. The van der Waals surface area contributed by atoms with Crippen LogP contribution < -0.4 is 10.1 Å². The Labute approximate surface area is 176 Å². The van der Waals surface area contributed by atoms with Crippen molar-refractivity contribution in [2.45, 2.75) is 31.7 Å². The van der Waals surface area contributed by atoms with Crippen molar-refractivity contribution in [2.24, 2.45) is 5.92 Å². The molecule has 0 spiro atoms. The van der Waals surface area contributed by atoms with E-state index >= 15 is 0 Å². The van der Waals surface area contributed by atoms with Crippen LogP contribution in [-0.4, -0.2) is 74.5 Å². The summed E-state index contributed by atoms with van der Waals surface area (Å²) in [6, 6.07) is 5.05. The van der Waals surface area contributed by atoms with Crippen molar-refractivity contribution in [3.63, 3.8) is 0 Å². The Bertz CT molecular complexity index is 862. The summed E-state index contributed by atoms with van der Waals surface area (Å²) in [5.41, 5.74) is 0. The fourth-order valence-electron chi connectivity index (χ4n) is 4.16. The molecule has 2 fully saturated rings. The average Bonchev–Trinajstić information content (AvgIpc) is 3.16. The number of sulfonamides is 1. The zero-order valence-electron chi connectivity index (χ0n) is 17.0. The molecule has 2 aliphatic rings. The van der Waals surface area contributed by atoms with Crippen LogP contribution >= 0.6 is 0 Å². The molecule has 1 saturated carbocycles. The number of amides is 2. The van der Waals surface area contributed by atoms with Gasteiger partial charge in [0.25, 0.3) is 5.91 Å². The van der Waals surface area contributed by atoms with E-state index in [2.05, 4.69) is 5.32 Å². The van der Waals surface area contributed by atoms with Crippen molar-refractivity contribution >= 4 is 21.8 Å². The van der Waals surface area contributed by atoms with E-state index in [-0.39, 0.29) is 36.9 Å². The highest BCUT2D eigenvalue weighted by Crippen LogP contribution is 2.32. The molecule has 1 aliphatic carbocycles. The SMILES string of the molecule is CS(=O)(=O)N1CCCN(C(=O)COc2ccc(F)cc2)CCNC(=O)C2CCCC21. The second kappa shape index (κ2) is 9.74. The van der Waals surface area contributed by atoms with Gasteiger partial charge in [-0.3, -0.25) is 9.59 Å². The Morgan fingerprint density at radius 1 is 1.17 bits per heavy atom. The maximum Gasteiger partial charge on any atom is 0.260 e. The molecule has 2 amide bonds. The molecule has 1 saturated heterocycles. The number of hydrogen-bond donors (Lipinski definition) is 1. The molecule has 166 valence electrons. The molecule has 8 nitrogen and oxygen atoms in total. The maximum absolute atomic E-state index is 13.0. The highest BCUT2D eigenvalue weighted by molar-refractivity contribution is 7.88. The normalized spacial score (nSPS) is 23.9. The van der Waals surface area contributed by atoms with Gasteiger partial charge in [-0.2, -0.15) is 4.31 Å². The minimum atomic E-state index is -3.48. The van der Waals surface area contributed by atoms with E-state index in [1.165, 1.54) is 34.8 Å². The minimum absolute atomic E-state index is 0.164. The lowest BCUT2D eigenvalue weighted by Crippen LogP contribution is -2.47. The first-order chi connectivity index (χ1) is 14.3. The average molecular weight is 442 g/mol. The molecule has 3 rings (SSSR count). The van der Waals surface area contributed by atoms with E-state index in [0.717, 1.165) is 6.42 Å². The molecule has 1 aromatic rings. The number of nitrogens with zero attached hydrogens (tertiary/aromatic N) is 2. The molecule has 1 aromatic carbocycles. The van der Waals surface area contributed by atoms with Gasteiger partial charge in [-0.25, -0.2) is 12.8 Å². The first kappa shape index (κ1) is 22.5. The highest BCUT2D eigenvalue weighted by atomic mass is 32.2. The zero-order valence-corrected chi connectivity index (χ0v) is 17.9. The smallest absolute Gasteiger partial charge is 0.260 e. The van der Waals surface area contributed by atoms with Gasteiger partial charge in [0.1, 0.15) is 11.6 Å². The zero-order chi connectivity index (χ0) is 21.7. The van der Waals surface area contributed by atoms with Gasteiger partial charge in [0.2, 0.25) is 15.9 Å². The van der Waals surface area contributed by atoms with Crippen LogP contribution in [-0.2, 0) is 19.6 Å². The Morgan fingerprint density at radius 2 is 1.90 bits per heavy atom. The molecule has 2 unspecified atom stereocenters. The largest absolute Gasteiger partial charge is 0.484 e. The number of rotatable bonds is 4. The Hall–Kier alpha value is -2.20. The summed E-state index contributed by atoms with van der Waals surface area (Å²) >= 11 is 0. The van der Waals surface area contributed by atoms with E-state index in [0.29, 0.717) is 44.6 Å². The predicted molar refractivity (Wildman–Crippen MR) is 109 cm³/mol. The van der Waals surface area contributed by atoms with E-state index in [4.69, 9.17) is 4.74 Å². The number of fused-ring (bicyclic) bond motifs is 1. The molecule has 1 heterocycles. The van der Waals surface area contributed by atoms with Crippen molar-refractivity contribution < 1.29 is 27.1 Å². The summed E-state index contributed by atoms with van der Waals surface area (Å²) in [6.45, 7) is 0.998. The number of carbonyl (C=O) groups excluding carboxylic acids is 2. The van der Waals surface area contributed by atoms with E-state index in [1.807, 2.05) is 0 Å². The van der Waals surface area contributed by atoms with Gasteiger partial charge >= 0.3 is 0 Å². The fourth-order valence-corrected chi connectivity index (χ4v) is 5.36. The second-order valence-corrected chi connectivity index (χ2v) is 9.68. The van der Waals surface area contributed by atoms with Gasteiger partial charge in [0.05, 0.1) is 12.2 Å². The maximum atomic E-state index is 13.0. The number of ether oxygens (including phenoxy) is 1. The molecule has 1 aliphatic heterocycles. The highest BCUT2D eigenvalue weighted by Gasteiger charge is 2.40. The summed E-state index contributed by atoms with van der Waals surface area (Å²) in [6.07, 6.45) is 3.78. The predicted octanol–water partition coefficient (Wildman–Crippen LogP) is 0.983.